The van der Waals surface area contributed by atoms with Crippen molar-refractivity contribution in [3.63, 3.8) is 0 Å². The number of fused-ring (bicyclic) bond motifs is 8. The van der Waals surface area contributed by atoms with Crippen LogP contribution in [0.25, 0.3) is 12.2 Å². The number of nitrogens with one attached hydrogen (secondary N) is 2. The van der Waals surface area contributed by atoms with Gasteiger partial charge in [-0.15, -0.1) is 0 Å². The zero-order chi connectivity index (χ0) is 35.1. The van der Waals surface area contributed by atoms with Crippen LogP contribution >= 0.6 is 0 Å². The molecule has 5 rings (SSSR count). The van der Waals surface area contributed by atoms with Gasteiger partial charge in [-0.1, -0.05) is 27.7 Å². The third-order valence-corrected chi connectivity index (χ3v) is 10.4. The van der Waals surface area contributed by atoms with Crippen LogP contribution in [0.4, 0.5) is 0 Å². The molecule has 48 heavy (non-hydrogen) atoms. The molecule has 0 radical (unpaired) electrons. The van der Waals surface area contributed by atoms with E-state index in [0.717, 1.165) is 22.8 Å². The maximum absolute atomic E-state index is 11.7. The highest BCUT2D eigenvalue weighted by atomic mass is 16.4. The number of carbonyl (C=O) groups is 4. The molecule has 0 aromatic carbocycles. The van der Waals surface area contributed by atoms with E-state index in [1.807, 2.05) is 64.1 Å². The van der Waals surface area contributed by atoms with Crippen molar-refractivity contribution < 1.29 is 39.6 Å². The monoisotopic (exact) mass is 660 g/mol. The van der Waals surface area contributed by atoms with Gasteiger partial charge in [0.05, 0.1) is 11.0 Å². The normalized spacial score (nSPS) is 26.1. The Morgan fingerprint density at radius 2 is 1.21 bits per heavy atom. The van der Waals surface area contributed by atoms with E-state index >= 15 is 0 Å². The molecule has 4 atom stereocenters. The summed E-state index contributed by atoms with van der Waals surface area (Å²) >= 11 is 0. The van der Waals surface area contributed by atoms with Crippen LogP contribution in [0.3, 0.4) is 0 Å². The third kappa shape index (κ3) is 7.37. The first-order chi connectivity index (χ1) is 22.4. The molecule has 5 heterocycles. The van der Waals surface area contributed by atoms with E-state index in [1.54, 1.807) is 0 Å². The van der Waals surface area contributed by atoms with Gasteiger partial charge in [0.25, 0.3) is 0 Å². The Kier molecular flexibility index (Phi) is 9.15. The molecular formula is C36H44N4O8. The Bertz CT molecular complexity index is 1890. The van der Waals surface area contributed by atoms with Gasteiger partial charge in [-0.3, -0.25) is 29.1 Å². The number of carboxylic acids is 4. The second-order valence-electron chi connectivity index (χ2n) is 14.7. The van der Waals surface area contributed by atoms with Crippen molar-refractivity contribution in [1.29, 1.82) is 0 Å². The van der Waals surface area contributed by atoms with Crippen LogP contribution in [0.2, 0.25) is 0 Å². The number of aliphatic carboxylic acids is 4. The summed E-state index contributed by atoms with van der Waals surface area (Å²) in [6, 6.07) is 7.68. The van der Waals surface area contributed by atoms with Gasteiger partial charge in [-0.05, 0) is 68.5 Å². The van der Waals surface area contributed by atoms with Crippen LogP contribution in [0.15, 0.2) is 24.3 Å². The summed E-state index contributed by atoms with van der Waals surface area (Å²) in [7, 11) is 0. The van der Waals surface area contributed by atoms with E-state index in [9.17, 15) is 39.6 Å². The number of hydrogen-bond donors (Lipinski definition) is 6. The van der Waals surface area contributed by atoms with Gasteiger partial charge in [-0.25, -0.2) is 0 Å². The lowest BCUT2D eigenvalue weighted by Crippen LogP contribution is -2.24. The lowest BCUT2D eigenvalue weighted by Gasteiger charge is -2.24. The van der Waals surface area contributed by atoms with Gasteiger partial charge < -0.3 is 30.4 Å². The molecule has 1 aromatic rings. The van der Waals surface area contributed by atoms with E-state index < -0.39 is 45.5 Å². The molecule has 4 aliphatic rings. The number of aromatic nitrogens is 4. The molecule has 1 aromatic heterocycles. The van der Waals surface area contributed by atoms with Gasteiger partial charge in [-0.2, -0.15) is 0 Å². The lowest BCUT2D eigenvalue weighted by atomic mass is 9.78. The largest absolute Gasteiger partial charge is 0.481 e. The van der Waals surface area contributed by atoms with E-state index in [0.29, 0.717) is 60.6 Å². The Morgan fingerprint density at radius 3 is 1.83 bits per heavy atom. The maximum atomic E-state index is 11.7. The average molecular weight is 661 g/mol. The first kappa shape index (κ1) is 34.6. The van der Waals surface area contributed by atoms with Crippen LogP contribution in [0.1, 0.15) is 113 Å². The topological polar surface area (TPSA) is 207 Å². The fraction of sp³-hybridized carbons (Fsp3) is 0.500. The Labute approximate surface area is 278 Å². The molecule has 6 N–H and O–H groups in total. The quantitative estimate of drug-likeness (QED) is 0.192. The minimum absolute atomic E-state index is 0.0340. The summed E-state index contributed by atoms with van der Waals surface area (Å²) in [5.74, 6) is -3.64. The summed E-state index contributed by atoms with van der Waals surface area (Å²) in [5.41, 5.74) is 1.92. The van der Waals surface area contributed by atoms with Crippen LogP contribution in [0.5, 0.6) is 0 Å². The summed E-state index contributed by atoms with van der Waals surface area (Å²) in [5, 5.41) is 39.5. The molecule has 0 fully saturated rings. The standard InChI is InChI=1S/C36H44N4O8/c1-33(9-5-29(41)42)17-21-14-26-35(3,11-7-31(45)46)19-23(39-26)16-28-36(4,12-8-32(47)48)20-24(40-28)15-27-34(2,10-6-30(43)44)18-22(38-27)13-25(33)37-21/h13-18,37,40H,5-12,19-20H2,1-4H3,(H,41,42)(H,43,44)(H,45,46)(H,47,48). The fourth-order valence-electron chi connectivity index (χ4n) is 7.27. The zero-order valence-corrected chi connectivity index (χ0v) is 27.9. The Balaban J connectivity index is 1.82. The van der Waals surface area contributed by atoms with Crippen molar-refractivity contribution in [2.24, 2.45) is 0 Å². The molecule has 8 bridgehead atoms. The molecule has 0 spiro atoms. The molecule has 4 unspecified atom stereocenters. The first-order valence-electron chi connectivity index (χ1n) is 16.3. The molecule has 0 amide bonds. The summed E-state index contributed by atoms with van der Waals surface area (Å²) in [6.45, 7) is 7.92. The predicted molar refractivity (Wildman–Crippen MR) is 176 cm³/mol. The molecular weight excluding hydrogens is 616 g/mol. The van der Waals surface area contributed by atoms with Gasteiger partial charge in [0, 0.05) is 87.6 Å². The highest BCUT2D eigenvalue weighted by Crippen LogP contribution is 2.40. The first-order valence-corrected chi connectivity index (χ1v) is 16.3. The molecule has 256 valence electrons. The van der Waals surface area contributed by atoms with Gasteiger partial charge in [0.15, 0.2) is 0 Å². The van der Waals surface area contributed by atoms with Gasteiger partial charge >= 0.3 is 23.9 Å². The lowest BCUT2D eigenvalue weighted by molar-refractivity contribution is -0.138. The van der Waals surface area contributed by atoms with Gasteiger partial charge in [0.1, 0.15) is 0 Å². The number of aromatic amines is 2. The summed E-state index contributed by atoms with van der Waals surface area (Å²) < 4.78 is 0. The minimum Gasteiger partial charge on any atom is -0.481 e. The van der Waals surface area contributed by atoms with Crippen molar-refractivity contribution in [3.05, 3.63) is 69.1 Å². The van der Waals surface area contributed by atoms with Crippen molar-refractivity contribution in [2.75, 3.05) is 0 Å². The van der Waals surface area contributed by atoms with E-state index in [2.05, 4.69) is 9.97 Å². The molecule has 0 saturated heterocycles. The second kappa shape index (κ2) is 12.7. The zero-order valence-electron chi connectivity index (χ0n) is 27.9. The molecule has 12 heteroatoms. The second-order valence-corrected chi connectivity index (χ2v) is 14.7. The highest BCUT2D eigenvalue weighted by molar-refractivity contribution is 5.68. The third-order valence-electron chi connectivity index (χ3n) is 10.4. The molecule has 12 nitrogen and oxygen atoms in total. The SMILES string of the molecule is CC1(CCC(=O)O)C=c2cc3[nH]c(cc4nc(cc5[nH]c(cc1n2)CC5(C)CCC(=O)O)CC4(C)CCC(=O)O)=CC3(C)CCC(=O)O. The van der Waals surface area contributed by atoms with Crippen LogP contribution in [-0.4, -0.2) is 64.2 Å². The average Bonchev–Trinajstić information content (AvgIpc) is 3.66. The van der Waals surface area contributed by atoms with Gasteiger partial charge in [0.2, 0.25) is 0 Å². The predicted octanol–water partition coefficient (Wildman–Crippen LogP) is 3.70. The molecule has 0 aliphatic carbocycles. The number of H-pyrrole nitrogens is 2. The van der Waals surface area contributed by atoms with Crippen LogP contribution < -0.4 is 10.7 Å². The number of carboxylic acid groups (broad SMARTS) is 4. The number of hydrogen-bond acceptors (Lipinski definition) is 6. The van der Waals surface area contributed by atoms with E-state index in [4.69, 9.17) is 9.97 Å². The Hall–Kier alpha value is -4.74. The van der Waals surface area contributed by atoms with E-state index in [-0.39, 0.29) is 25.7 Å². The highest BCUT2D eigenvalue weighted by Gasteiger charge is 2.38. The minimum atomic E-state index is -0.918. The molecule has 4 aliphatic heterocycles. The van der Waals surface area contributed by atoms with Crippen LogP contribution in [-0.2, 0) is 53.7 Å². The number of nitrogens with zero attached hydrogens (tertiary/aromatic N) is 2. The number of rotatable bonds is 12. The smallest absolute Gasteiger partial charge is 0.303 e. The van der Waals surface area contributed by atoms with Crippen LogP contribution in [0, 0.1) is 0 Å². The van der Waals surface area contributed by atoms with Crippen molar-refractivity contribution >= 4 is 36.0 Å². The maximum Gasteiger partial charge on any atom is 0.303 e. The fourth-order valence-corrected chi connectivity index (χ4v) is 7.27. The van der Waals surface area contributed by atoms with Crippen molar-refractivity contribution in [2.45, 2.75) is 114 Å². The van der Waals surface area contributed by atoms with E-state index in [1.165, 1.54) is 0 Å². The summed E-state index contributed by atoms with van der Waals surface area (Å²) in [6.07, 6.45) is 6.05. The summed E-state index contributed by atoms with van der Waals surface area (Å²) in [4.78, 5) is 63.6. The molecule has 0 saturated carbocycles. The Morgan fingerprint density at radius 1 is 0.625 bits per heavy atom. The van der Waals surface area contributed by atoms with Crippen molar-refractivity contribution in [1.82, 2.24) is 19.9 Å². The van der Waals surface area contributed by atoms with Crippen molar-refractivity contribution in [3.8, 4) is 0 Å².